The monoisotopic (exact) mass is 647 g/mol. The van der Waals surface area contributed by atoms with Gasteiger partial charge in [0.05, 0.1) is 12.0 Å². The normalized spacial score (nSPS) is 20.5. The Morgan fingerprint density at radius 3 is 2.52 bits per heavy atom. The number of hydrogen-bond donors (Lipinski definition) is 1. The van der Waals surface area contributed by atoms with Crippen LogP contribution in [0.1, 0.15) is 91.6 Å². The van der Waals surface area contributed by atoms with Crippen LogP contribution in [0.25, 0.3) is 0 Å². The molecule has 4 aliphatic rings. The number of halogens is 1. The largest absolute Gasteiger partial charge is 0.486 e. The van der Waals surface area contributed by atoms with E-state index in [1.807, 2.05) is 17.9 Å². The molecule has 2 aliphatic carbocycles. The molecule has 2 aromatic carbocycles. The summed E-state index contributed by atoms with van der Waals surface area (Å²) in [4.78, 5) is 32.6. The molecule has 0 radical (unpaired) electrons. The lowest BCUT2D eigenvalue weighted by Gasteiger charge is -2.44. The van der Waals surface area contributed by atoms with E-state index in [0.29, 0.717) is 62.0 Å². The second kappa shape index (κ2) is 11.7. The van der Waals surface area contributed by atoms with Crippen molar-refractivity contribution in [1.82, 2.24) is 9.71 Å². The average molecular weight is 648 g/mol. The molecular weight excluding hydrogens is 609 g/mol. The fourth-order valence-corrected chi connectivity index (χ4v) is 8.07. The van der Waals surface area contributed by atoms with Crippen molar-refractivity contribution in [3.8, 4) is 11.5 Å². The zero-order valence-corrected chi connectivity index (χ0v) is 26.7. The van der Waals surface area contributed by atoms with E-state index >= 15 is 0 Å². The van der Waals surface area contributed by atoms with Crippen molar-refractivity contribution in [1.29, 1.82) is 0 Å². The highest BCUT2D eigenvalue weighted by Gasteiger charge is 2.54. The van der Waals surface area contributed by atoms with E-state index in [1.165, 1.54) is 30.7 Å². The molecule has 0 unspecified atom stereocenters. The fourth-order valence-electron chi connectivity index (χ4n) is 7.07. The first-order valence-electron chi connectivity index (χ1n) is 16.2. The van der Waals surface area contributed by atoms with Crippen molar-refractivity contribution < 1.29 is 31.9 Å². The predicted octanol–water partition coefficient (Wildman–Crippen LogP) is 6.00. The van der Waals surface area contributed by atoms with Crippen LogP contribution in [-0.4, -0.2) is 49.4 Å². The minimum absolute atomic E-state index is 0.152. The van der Waals surface area contributed by atoms with Gasteiger partial charge in [-0.3, -0.25) is 9.59 Å². The summed E-state index contributed by atoms with van der Waals surface area (Å²) in [5, 5.41) is -0.257. The van der Waals surface area contributed by atoms with Crippen LogP contribution in [0.5, 0.6) is 11.5 Å². The molecule has 3 aromatic rings. The minimum Gasteiger partial charge on any atom is -0.486 e. The van der Waals surface area contributed by atoms with E-state index in [1.54, 1.807) is 12.1 Å². The van der Waals surface area contributed by atoms with Crippen LogP contribution in [-0.2, 0) is 14.8 Å². The van der Waals surface area contributed by atoms with Crippen LogP contribution >= 0.6 is 0 Å². The Morgan fingerprint density at radius 2 is 1.78 bits per heavy atom. The number of sulfonamides is 1. The first-order chi connectivity index (χ1) is 22.0. The molecule has 1 N–H and O–H groups in total. The Labute approximate surface area is 268 Å². The maximum absolute atomic E-state index is 13.7. The van der Waals surface area contributed by atoms with Gasteiger partial charge in [-0.25, -0.2) is 14.1 Å². The average Bonchev–Trinajstić information content (AvgIpc) is 3.83. The number of piperidine rings is 1. The van der Waals surface area contributed by atoms with Crippen LogP contribution in [0.3, 0.4) is 0 Å². The molecule has 3 heterocycles. The summed E-state index contributed by atoms with van der Waals surface area (Å²) < 4.78 is 55.4. The molecule has 1 aromatic heterocycles. The maximum atomic E-state index is 13.7. The first-order valence-corrected chi connectivity index (χ1v) is 17.6. The van der Waals surface area contributed by atoms with Gasteiger partial charge in [-0.1, -0.05) is 37.5 Å². The molecular formula is C35H38FN3O6S. The van der Waals surface area contributed by atoms with Gasteiger partial charge in [0.15, 0.2) is 16.4 Å². The molecule has 2 aliphatic heterocycles. The molecule has 0 bridgehead atoms. The van der Waals surface area contributed by atoms with Crippen LogP contribution in [0.15, 0.2) is 59.6 Å². The van der Waals surface area contributed by atoms with E-state index in [2.05, 4.69) is 21.8 Å². The number of anilines is 1. The fraction of sp³-hybridized carbons (Fsp3) is 0.457. The van der Waals surface area contributed by atoms with Gasteiger partial charge in [0.1, 0.15) is 28.7 Å². The minimum atomic E-state index is -4.28. The number of aromatic nitrogens is 1. The molecule has 1 spiro atoms. The summed E-state index contributed by atoms with van der Waals surface area (Å²) in [6.45, 7) is 2.93. The number of carbonyl (C=O) groups excluding carboxylic acids is 2. The summed E-state index contributed by atoms with van der Waals surface area (Å²) in [6, 6.07) is 14.8. The number of aryl methyl sites for hydroxylation is 1. The number of carbonyl (C=O) groups is 2. The lowest BCUT2D eigenvalue weighted by atomic mass is 9.82. The number of hydrogen-bond acceptors (Lipinski definition) is 8. The first kappa shape index (κ1) is 30.7. The highest BCUT2D eigenvalue weighted by molar-refractivity contribution is 7.90. The number of ether oxygens (including phenoxy) is 2. The van der Waals surface area contributed by atoms with Crippen molar-refractivity contribution in [2.24, 2.45) is 0 Å². The maximum Gasteiger partial charge on any atom is 0.281 e. The zero-order chi connectivity index (χ0) is 32.1. The third kappa shape index (κ3) is 5.97. The van der Waals surface area contributed by atoms with Gasteiger partial charge in [-0.05, 0) is 73.2 Å². The van der Waals surface area contributed by atoms with E-state index in [4.69, 9.17) is 9.47 Å². The Balaban J connectivity index is 1.03. The van der Waals surface area contributed by atoms with Gasteiger partial charge in [0, 0.05) is 38.8 Å². The molecule has 2 saturated carbocycles. The third-order valence-corrected chi connectivity index (χ3v) is 11.1. The van der Waals surface area contributed by atoms with Crippen molar-refractivity contribution in [3.63, 3.8) is 0 Å². The Kier molecular flexibility index (Phi) is 7.77. The number of pyridine rings is 1. The second-order valence-electron chi connectivity index (χ2n) is 13.3. The lowest BCUT2D eigenvalue weighted by molar-refractivity contribution is -0.128. The molecule has 9 nitrogen and oxygen atoms in total. The number of fused-ring (bicyclic) bond motifs is 1. The topological polar surface area (TPSA) is 115 Å². The second-order valence-corrected chi connectivity index (χ2v) is 14.9. The number of amides is 1. The van der Waals surface area contributed by atoms with Gasteiger partial charge in [-0.15, -0.1) is 0 Å². The summed E-state index contributed by atoms with van der Waals surface area (Å²) in [6.07, 6.45) is 7.73. The number of benzene rings is 2. The Hall–Kier alpha value is -3.99. The van der Waals surface area contributed by atoms with E-state index in [9.17, 15) is 22.4 Å². The highest BCUT2D eigenvalue weighted by Crippen LogP contribution is 2.45. The van der Waals surface area contributed by atoms with Gasteiger partial charge in [0.25, 0.3) is 15.9 Å². The molecule has 1 saturated heterocycles. The lowest BCUT2D eigenvalue weighted by Crippen LogP contribution is -2.51. The third-order valence-electron chi connectivity index (χ3n) is 9.90. The van der Waals surface area contributed by atoms with Crippen LogP contribution in [0.4, 0.5) is 10.2 Å². The quantitative estimate of drug-likeness (QED) is 0.332. The van der Waals surface area contributed by atoms with Gasteiger partial charge < -0.3 is 14.4 Å². The van der Waals surface area contributed by atoms with Crippen LogP contribution in [0, 0.1) is 12.7 Å². The van der Waals surface area contributed by atoms with Crippen LogP contribution < -0.4 is 19.1 Å². The summed E-state index contributed by atoms with van der Waals surface area (Å²) in [7, 11) is -4.28. The Bertz CT molecular complexity index is 1790. The SMILES string of the molecule is Cc1ccc(C2CCCCC2)c(OC2(C(=O)NS(=O)(=O)c3cccc(N4CCC5(CC4)CC(=O)c4cc(F)ccc4O5)n3)CC2)c1. The smallest absolute Gasteiger partial charge is 0.281 e. The zero-order valence-electron chi connectivity index (χ0n) is 25.9. The number of Topliss-reactive ketones (excluding diaryl/α,β-unsaturated/α-hetero) is 1. The van der Waals surface area contributed by atoms with Crippen LogP contribution in [0.2, 0.25) is 0 Å². The molecule has 242 valence electrons. The van der Waals surface area contributed by atoms with Crippen molar-refractivity contribution in [3.05, 3.63) is 77.1 Å². The van der Waals surface area contributed by atoms with Gasteiger partial charge >= 0.3 is 0 Å². The standard InChI is InChI=1S/C35H38FN3O6S/c1-23-10-12-26(24-6-3-2-4-7-24)30(20-23)45-35(14-15-35)33(41)38-46(42,43)32-9-5-8-31(37-32)39-18-16-34(17-19-39)22-28(40)27-21-25(36)11-13-29(27)44-34/h5,8-13,20-21,24H,2-4,6-7,14-19,22H2,1H3,(H,38,41). The van der Waals surface area contributed by atoms with E-state index in [-0.39, 0.29) is 22.8 Å². The summed E-state index contributed by atoms with van der Waals surface area (Å²) >= 11 is 0. The highest BCUT2D eigenvalue weighted by atomic mass is 32.2. The van der Waals surface area contributed by atoms with Crippen molar-refractivity contribution >= 4 is 27.5 Å². The van der Waals surface area contributed by atoms with Crippen molar-refractivity contribution in [2.45, 2.75) is 93.3 Å². The van der Waals surface area contributed by atoms with Crippen molar-refractivity contribution in [2.75, 3.05) is 18.0 Å². The summed E-state index contributed by atoms with van der Waals surface area (Å²) in [5.74, 6) is 0.556. The predicted molar refractivity (Wildman–Crippen MR) is 169 cm³/mol. The van der Waals surface area contributed by atoms with Gasteiger partial charge in [-0.2, -0.15) is 8.42 Å². The Morgan fingerprint density at radius 1 is 1.02 bits per heavy atom. The number of nitrogens with one attached hydrogen (secondary N) is 1. The number of rotatable bonds is 7. The number of ketones is 1. The molecule has 3 fully saturated rings. The summed E-state index contributed by atoms with van der Waals surface area (Å²) in [5.41, 5.74) is 0.431. The molecule has 7 rings (SSSR count). The molecule has 1 amide bonds. The van der Waals surface area contributed by atoms with E-state index in [0.717, 1.165) is 36.8 Å². The molecule has 11 heteroatoms. The molecule has 0 atom stereocenters. The van der Waals surface area contributed by atoms with Gasteiger partial charge in [0.2, 0.25) is 0 Å². The van der Waals surface area contributed by atoms with E-state index < -0.39 is 32.9 Å². The molecule has 46 heavy (non-hydrogen) atoms. The number of nitrogens with zero attached hydrogens (tertiary/aromatic N) is 2.